The monoisotopic (exact) mass is 309 g/mol. The van der Waals surface area contributed by atoms with Gasteiger partial charge in [0.1, 0.15) is 0 Å². The summed E-state index contributed by atoms with van der Waals surface area (Å²) >= 11 is 5.84. The van der Waals surface area contributed by atoms with Crippen molar-refractivity contribution in [1.82, 2.24) is 4.90 Å². The molecule has 7 heteroatoms. The highest BCUT2D eigenvalue weighted by molar-refractivity contribution is 6.33. The molecule has 0 aliphatic carbocycles. The summed E-state index contributed by atoms with van der Waals surface area (Å²) < 4.78 is 0. The highest BCUT2D eigenvalue weighted by Gasteiger charge is 2.16. The Kier molecular flexibility index (Phi) is 6.00. The zero-order chi connectivity index (χ0) is 16.0. The van der Waals surface area contributed by atoms with Crippen molar-refractivity contribution < 1.29 is 14.7 Å². The molecule has 0 fully saturated rings. The molecule has 1 rings (SSSR count). The minimum Gasteiger partial charge on any atom is -0.478 e. The standard InChI is InChI=1S/C14H16ClN3O3/c1-3-18(8-9(2)7-16)14(21)17-10-4-5-11(13(19)20)12(15)6-10/h4-6,9H,3,8H2,1-2H3,(H,17,21)(H,19,20). The van der Waals surface area contributed by atoms with E-state index in [4.69, 9.17) is 22.0 Å². The first-order chi connectivity index (χ1) is 9.88. The number of nitriles is 1. The fraction of sp³-hybridized carbons (Fsp3) is 0.357. The Morgan fingerprint density at radius 2 is 2.19 bits per heavy atom. The predicted molar refractivity (Wildman–Crippen MR) is 79.5 cm³/mol. The maximum absolute atomic E-state index is 12.1. The molecule has 21 heavy (non-hydrogen) atoms. The zero-order valence-electron chi connectivity index (χ0n) is 11.8. The normalized spacial score (nSPS) is 11.3. The van der Waals surface area contributed by atoms with Crippen LogP contribution in [0.4, 0.5) is 10.5 Å². The Balaban J connectivity index is 2.80. The Morgan fingerprint density at radius 1 is 1.52 bits per heavy atom. The molecule has 1 unspecified atom stereocenters. The van der Waals surface area contributed by atoms with Crippen LogP contribution in [0.5, 0.6) is 0 Å². The van der Waals surface area contributed by atoms with E-state index in [-0.39, 0.29) is 22.5 Å². The lowest BCUT2D eigenvalue weighted by Gasteiger charge is -2.22. The molecule has 1 aromatic rings. The number of hydrogen-bond donors (Lipinski definition) is 2. The van der Waals surface area contributed by atoms with Gasteiger partial charge in [0.05, 0.1) is 22.6 Å². The number of carboxylic acids is 1. The van der Waals surface area contributed by atoms with Crippen molar-refractivity contribution in [1.29, 1.82) is 5.26 Å². The summed E-state index contributed by atoms with van der Waals surface area (Å²) in [6.45, 7) is 4.32. The molecule has 0 saturated carbocycles. The second kappa shape index (κ2) is 7.50. The van der Waals surface area contributed by atoms with E-state index in [2.05, 4.69) is 11.4 Å². The Morgan fingerprint density at radius 3 is 2.67 bits per heavy atom. The zero-order valence-corrected chi connectivity index (χ0v) is 12.5. The fourth-order valence-electron chi connectivity index (χ4n) is 1.70. The maximum Gasteiger partial charge on any atom is 0.337 e. The number of aromatic carboxylic acids is 1. The number of carbonyl (C=O) groups excluding carboxylic acids is 1. The molecule has 112 valence electrons. The minimum absolute atomic E-state index is 0.0277. The summed E-state index contributed by atoms with van der Waals surface area (Å²) in [5.41, 5.74) is 0.373. The van der Waals surface area contributed by atoms with Gasteiger partial charge in [0.2, 0.25) is 0 Å². The fourth-order valence-corrected chi connectivity index (χ4v) is 1.96. The van der Waals surface area contributed by atoms with Crippen molar-refractivity contribution in [3.05, 3.63) is 28.8 Å². The number of nitrogens with one attached hydrogen (secondary N) is 1. The molecule has 0 aliphatic rings. The molecule has 2 amide bonds. The smallest absolute Gasteiger partial charge is 0.337 e. The third-order valence-corrected chi connectivity index (χ3v) is 3.15. The SMILES string of the molecule is CCN(CC(C)C#N)C(=O)Nc1ccc(C(=O)O)c(Cl)c1. The van der Waals surface area contributed by atoms with E-state index in [1.54, 1.807) is 6.92 Å². The number of anilines is 1. The van der Waals surface area contributed by atoms with E-state index in [1.807, 2.05) is 6.92 Å². The van der Waals surface area contributed by atoms with Crippen LogP contribution in [0.25, 0.3) is 0 Å². The van der Waals surface area contributed by atoms with Crippen molar-refractivity contribution >= 4 is 29.3 Å². The van der Waals surface area contributed by atoms with Crippen molar-refractivity contribution in [2.45, 2.75) is 13.8 Å². The van der Waals surface area contributed by atoms with E-state index in [1.165, 1.54) is 23.1 Å². The van der Waals surface area contributed by atoms with Crippen LogP contribution in [0.1, 0.15) is 24.2 Å². The summed E-state index contributed by atoms with van der Waals surface area (Å²) in [7, 11) is 0. The van der Waals surface area contributed by atoms with Gasteiger partial charge in [-0.25, -0.2) is 9.59 Å². The Labute approximate surface area is 127 Å². The van der Waals surface area contributed by atoms with Gasteiger partial charge < -0.3 is 15.3 Å². The molecule has 1 atom stereocenters. The molecular formula is C14H16ClN3O3. The number of carbonyl (C=O) groups is 2. The minimum atomic E-state index is -1.13. The van der Waals surface area contributed by atoms with Gasteiger partial charge in [-0.15, -0.1) is 0 Å². The highest BCUT2D eigenvalue weighted by Crippen LogP contribution is 2.21. The second-order valence-electron chi connectivity index (χ2n) is 4.50. The number of halogens is 1. The molecular weight excluding hydrogens is 294 g/mol. The molecule has 0 aromatic heterocycles. The average Bonchev–Trinajstić information content (AvgIpc) is 2.43. The van der Waals surface area contributed by atoms with Crippen LogP contribution < -0.4 is 5.32 Å². The molecule has 0 bridgehead atoms. The number of carboxylic acid groups (broad SMARTS) is 1. The number of rotatable bonds is 5. The quantitative estimate of drug-likeness (QED) is 0.874. The summed E-state index contributed by atoms with van der Waals surface area (Å²) in [5, 5.41) is 20.3. The predicted octanol–water partition coefficient (Wildman–Crippen LogP) is 3.05. The van der Waals surface area contributed by atoms with Gasteiger partial charge >= 0.3 is 12.0 Å². The van der Waals surface area contributed by atoms with Gasteiger partial charge in [-0.3, -0.25) is 0 Å². The first-order valence-electron chi connectivity index (χ1n) is 6.37. The summed E-state index contributed by atoms with van der Waals surface area (Å²) in [5.74, 6) is -1.40. The number of hydrogen-bond acceptors (Lipinski definition) is 3. The van der Waals surface area contributed by atoms with Crippen molar-refractivity contribution in [2.75, 3.05) is 18.4 Å². The van der Waals surface area contributed by atoms with Crippen LogP contribution in [-0.2, 0) is 0 Å². The first kappa shape index (κ1) is 16.8. The van der Waals surface area contributed by atoms with Gasteiger partial charge in [0.15, 0.2) is 0 Å². The van der Waals surface area contributed by atoms with Gasteiger partial charge in [-0.1, -0.05) is 11.6 Å². The van der Waals surface area contributed by atoms with Crippen molar-refractivity contribution in [3.8, 4) is 6.07 Å². The number of nitrogens with zero attached hydrogens (tertiary/aromatic N) is 2. The van der Waals surface area contributed by atoms with Crippen LogP contribution in [0.2, 0.25) is 5.02 Å². The average molecular weight is 310 g/mol. The third kappa shape index (κ3) is 4.65. The van der Waals surface area contributed by atoms with Gasteiger partial charge in [0, 0.05) is 18.8 Å². The molecule has 0 spiro atoms. The Hall–Kier alpha value is -2.26. The highest BCUT2D eigenvalue weighted by atomic mass is 35.5. The van der Waals surface area contributed by atoms with Crippen LogP contribution in [-0.4, -0.2) is 35.1 Å². The van der Waals surface area contributed by atoms with E-state index in [9.17, 15) is 9.59 Å². The van der Waals surface area contributed by atoms with Crippen molar-refractivity contribution in [2.24, 2.45) is 5.92 Å². The third-order valence-electron chi connectivity index (χ3n) is 2.83. The molecule has 0 saturated heterocycles. The first-order valence-corrected chi connectivity index (χ1v) is 6.75. The molecule has 0 radical (unpaired) electrons. The number of amides is 2. The lowest BCUT2D eigenvalue weighted by molar-refractivity contribution is 0.0697. The summed E-state index contributed by atoms with van der Waals surface area (Å²) in [6.07, 6.45) is 0. The Bertz CT molecular complexity index is 583. The summed E-state index contributed by atoms with van der Waals surface area (Å²) in [6, 6.07) is 5.88. The molecule has 1 aromatic carbocycles. The molecule has 0 heterocycles. The largest absolute Gasteiger partial charge is 0.478 e. The molecule has 6 nitrogen and oxygen atoms in total. The van der Waals surface area contributed by atoms with Gasteiger partial charge in [-0.2, -0.15) is 5.26 Å². The van der Waals surface area contributed by atoms with E-state index < -0.39 is 5.97 Å². The van der Waals surface area contributed by atoms with Crippen LogP contribution in [0.15, 0.2) is 18.2 Å². The van der Waals surface area contributed by atoms with Gasteiger partial charge in [0.25, 0.3) is 0 Å². The topological polar surface area (TPSA) is 93.4 Å². The second-order valence-corrected chi connectivity index (χ2v) is 4.91. The van der Waals surface area contributed by atoms with Crippen LogP contribution >= 0.6 is 11.6 Å². The lowest BCUT2D eigenvalue weighted by Crippen LogP contribution is -2.37. The lowest BCUT2D eigenvalue weighted by atomic mass is 10.2. The van der Waals surface area contributed by atoms with Gasteiger partial charge in [-0.05, 0) is 32.0 Å². The summed E-state index contributed by atoms with van der Waals surface area (Å²) in [4.78, 5) is 24.4. The van der Waals surface area contributed by atoms with Crippen LogP contribution in [0.3, 0.4) is 0 Å². The van der Waals surface area contributed by atoms with Crippen molar-refractivity contribution in [3.63, 3.8) is 0 Å². The number of urea groups is 1. The molecule has 0 aliphatic heterocycles. The van der Waals surface area contributed by atoms with E-state index in [0.717, 1.165) is 0 Å². The van der Waals surface area contributed by atoms with E-state index in [0.29, 0.717) is 18.8 Å². The van der Waals surface area contributed by atoms with E-state index >= 15 is 0 Å². The molecule has 2 N–H and O–H groups in total. The number of benzene rings is 1. The van der Waals surface area contributed by atoms with Crippen LogP contribution in [0, 0.1) is 17.2 Å². The maximum atomic E-state index is 12.1.